The van der Waals surface area contributed by atoms with E-state index in [0.717, 1.165) is 18.6 Å². The van der Waals surface area contributed by atoms with E-state index in [4.69, 9.17) is 4.74 Å². The summed E-state index contributed by atoms with van der Waals surface area (Å²) in [7, 11) is 1.68. The van der Waals surface area contributed by atoms with Crippen molar-refractivity contribution in [3.05, 3.63) is 54.1 Å². The van der Waals surface area contributed by atoms with Gasteiger partial charge in [0.05, 0.1) is 7.11 Å². The highest BCUT2D eigenvalue weighted by molar-refractivity contribution is 5.86. The zero-order valence-electron chi connectivity index (χ0n) is 16.0. The van der Waals surface area contributed by atoms with Crippen LogP contribution in [0.4, 0.5) is 0 Å². The number of carbonyl (C=O) groups is 1. The predicted molar refractivity (Wildman–Crippen MR) is 108 cm³/mol. The van der Waals surface area contributed by atoms with Crippen LogP contribution in [0.25, 0.3) is 11.1 Å². The van der Waals surface area contributed by atoms with E-state index in [1.54, 1.807) is 7.11 Å². The molecule has 2 heteroatoms. The molecule has 0 heterocycles. The summed E-state index contributed by atoms with van der Waals surface area (Å²) in [6.07, 6.45) is 8.02. The summed E-state index contributed by atoms with van der Waals surface area (Å²) >= 11 is 0. The van der Waals surface area contributed by atoms with Gasteiger partial charge in [-0.1, -0.05) is 69.0 Å². The molecule has 138 valence electrons. The molecule has 0 amide bonds. The van der Waals surface area contributed by atoms with Crippen molar-refractivity contribution in [3.63, 3.8) is 0 Å². The van der Waals surface area contributed by atoms with Crippen LogP contribution in [0.2, 0.25) is 0 Å². The maximum atomic E-state index is 12.6. The average molecular weight is 351 g/mol. The molecule has 0 aliphatic heterocycles. The van der Waals surface area contributed by atoms with Gasteiger partial charge in [-0.15, -0.1) is 0 Å². The van der Waals surface area contributed by atoms with Gasteiger partial charge in [-0.2, -0.15) is 0 Å². The van der Waals surface area contributed by atoms with Crippen LogP contribution in [0.15, 0.2) is 48.5 Å². The van der Waals surface area contributed by atoms with Gasteiger partial charge in [0.1, 0.15) is 11.5 Å². The molecule has 26 heavy (non-hydrogen) atoms. The summed E-state index contributed by atoms with van der Waals surface area (Å²) in [5.41, 5.74) is 3.53. The third kappa shape index (κ3) is 4.55. The first-order valence-corrected chi connectivity index (χ1v) is 9.98. The molecule has 0 spiro atoms. The number of hydrogen-bond donors (Lipinski definition) is 0. The summed E-state index contributed by atoms with van der Waals surface area (Å²) in [6.45, 7) is 2.23. The zero-order valence-corrected chi connectivity index (χ0v) is 16.0. The summed E-state index contributed by atoms with van der Waals surface area (Å²) in [6, 6.07) is 16.6. The van der Waals surface area contributed by atoms with Gasteiger partial charge in [0.25, 0.3) is 0 Å². The highest BCUT2D eigenvalue weighted by Crippen LogP contribution is 2.36. The van der Waals surface area contributed by atoms with Gasteiger partial charge in [0.15, 0.2) is 0 Å². The van der Waals surface area contributed by atoms with E-state index >= 15 is 0 Å². The number of carbonyl (C=O) groups excluding carboxylic acids is 1. The van der Waals surface area contributed by atoms with Crippen LogP contribution < -0.4 is 4.74 Å². The van der Waals surface area contributed by atoms with Crippen molar-refractivity contribution in [3.8, 4) is 16.9 Å². The van der Waals surface area contributed by atoms with E-state index in [9.17, 15) is 4.79 Å². The Morgan fingerprint density at radius 2 is 1.58 bits per heavy atom. The summed E-state index contributed by atoms with van der Waals surface area (Å²) in [4.78, 5) is 12.6. The molecule has 1 saturated carbocycles. The van der Waals surface area contributed by atoms with Crippen molar-refractivity contribution in [1.82, 2.24) is 0 Å². The van der Waals surface area contributed by atoms with Gasteiger partial charge >= 0.3 is 0 Å². The molecule has 0 radical (unpaired) electrons. The molecule has 1 aliphatic carbocycles. The standard InChI is InChI=1S/C24H30O2/c1-3-4-5-6-18-7-16-23(24(25)17-18)21-10-8-19(9-11-21)20-12-14-22(26-2)15-13-20/h8-15,18,23H,3-7,16-17H2,1-2H3. The minimum absolute atomic E-state index is 0.0994. The Kier molecular flexibility index (Phi) is 6.49. The first-order chi connectivity index (χ1) is 12.7. The topological polar surface area (TPSA) is 26.3 Å². The Labute approximate surface area is 157 Å². The van der Waals surface area contributed by atoms with Crippen molar-refractivity contribution >= 4 is 5.78 Å². The predicted octanol–water partition coefficient (Wildman–Crippen LogP) is 6.40. The fourth-order valence-electron chi connectivity index (χ4n) is 4.07. The van der Waals surface area contributed by atoms with Gasteiger partial charge in [-0.25, -0.2) is 0 Å². The molecular weight excluding hydrogens is 320 g/mol. The van der Waals surface area contributed by atoms with E-state index in [0.29, 0.717) is 11.7 Å². The van der Waals surface area contributed by atoms with Crippen molar-refractivity contribution < 1.29 is 9.53 Å². The van der Waals surface area contributed by atoms with Crippen LogP contribution in [0, 0.1) is 5.92 Å². The normalized spacial score (nSPS) is 20.2. The lowest BCUT2D eigenvalue weighted by Gasteiger charge is -2.27. The number of ketones is 1. The fraction of sp³-hybridized carbons (Fsp3) is 0.458. The molecule has 2 atom stereocenters. The Hall–Kier alpha value is -2.09. The SMILES string of the molecule is CCCCCC1CCC(c2ccc(-c3ccc(OC)cc3)cc2)C(=O)C1. The maximum Gasteiger partial charge on any atom is 0.140 e. The van der Waals surface area contributed by atoms with E-state index in [2.05, 4.69) is 43.3 Å². The molecule has 3 rings (SSSR count). The number of methoxy groups -OCH3 is 1. The van der Waals surface area contributed by atoms with Gasteiger partial charge in [0.2, 0.25) is 0 Å². The number of benzene rings is 2. The van der Waals surface area contributed by atoms with Crippen LogP contribution in [0.3, 0.4) is 0 Å². The van der Waals surface area contributed by atoms with E-state index < -0.39 is 0 Å². The van der Waals surface area contributed by atoms with E-state index in [1.807, 2.05) is 12.1 Å². The Morgan fingerprint density at radius 3 is 2.15 bits per heavy atom. The third-order valence-electron chi connectivity index (χ3n) is 5.69. The molecule has 2 aromatic carbocycles. The fourth-order valence-corrected chi connectivity index (χ4v) is 4.07. The quantitative estimate of drug-likeness (QED) is 0.540. The van der Waals surface area contributed by atoms with Crippen LogP contribution in [0.5, 0.6) is 5.75 Å². The monoisotopic (exact) mass is 350 g/mol. The van der Waals surface area contributed by atoms with Crippen molar-refractivity contribution in [1.29, 1.82) is 0 Å². The summed E-state index contributed by atoms with van der Waals surface area (Å²) in [5.74, 6) is 2.02. The second-order valence-electron chi connectivity index (χ2n) is 7.51. The lowest BCUT2D eigenvalue weighted by atomic mass is 9.76. The van der Waals surface area contributed by atoms with Crippen LogP contribution in [0.1, 0.15) is 63.4 Å². The van der Waals surface area contributed by atoms with Crippen LogP contribution in [-0.2, 0) is 4.79 Å². The number of rotatable bonds is 7. The van der Waals surface area contributed by atoms with Crippen molar-refractivity contribution in [2.45, 2.75) is 57.8 Å². The smallest absolute Gasteiger partial charge is 0.140 e. The number of ether oxygens (including phenoxy) is 1. The van der Waals surface area contributed by atoms with Gasteiger partial charge in [-0.3, -0.25) is 4.79 Å². The highest BCUT2D eigenvalue weighted by Gasteiger charge is 2.29. The average Bonchev–Trinajstić information content (AvgIpc) is 2.69. The van der Waals surface area contributed by atoms with Gasteiger partial charge in [-0.05, 0) is 47.6 Å². The van der Waals surface area contributed by atoms with Gasteiger partial charge in [0, 0.05) is 12.3 Å². The highest BCUT2D eigenvalue weighted by atomic mass is 16.5. The van der Waals surface area contributed by atoms with Crippen molar-refractivity contribution in [2.75, 3.05) is 7.11 Å². The molecule has 2 unspecified atom stereocenters. The molecule has 0 N–H and O–H groups in total. The van der Waals surface area contributed by atoms with Gasteiger partial charge < -0.3 is 4.74 Å². The summed E-state index contributed by atoms with van der Waals surface area (Å²) < 4.78 is 5.22. The Morgan fingerprint density at radius 1 is 0.923 bits per heavy atom. The largest absolute Gasteiger partial charge is 0.497 e. The minimum Gasteiger partial charge on any atom is -0.497 e. The second-order valence-corrected chi connectivity index (χ2v) is 7.51. The van der Waals surface area contributed by atoms with Crippen LogP contribution >= 0.6 is 0 Å². The van der Waals surface area contributed by atoms with Crippen LogP contribution in [-0.4, -0.2) is 12.9 Å². The number of Topliss-reactive ketones (excluding diaryl/α,β-unsaturated/α-hetero) is 1. The molecule has 1 fully saturated rings. The molecule has 0 aromatic heterocycles. The molecular formula is C24H30O2. The summed E-state index contributed by atoms with van der Waals surface area (Å²) in [5, 5.41) is 0. The van der Waals surface area contributed by atoms with Crippen molar-refractivity contribution in [2.24, 2.45) is 5.92 Å². The molecule has 1 aliphatic rings. The molecule has 2 nitrogen and oxygen atoms in total. The van der Waals surface area contributed by atoms with E-state index in [-0.39, 0.29) is 5.92 Å². The lowest BCUT2D eigenvalue weighted by Crippen LogP contribution is -2.23. The first-order valence-electron chi connectivity index (χ1n) is 9.98. The Bertz CT molecular complexity index is 700. The number of hydrogen-bond acceptors (Lipinski definition) is 2. The molecule has 0 saturated heterocycles. The molecule has 2 aromatic rings. The Balaban J connectivity index is 1.62. The lowest BCUT2D eigenvalue weighted by molar-refractivity contribution is -0.123. The van der Waals surface area contributed by atoms with E-state index in [1.165, 1.54) is 48.8 Å². The second kappa shape index (κ2) is 9.02. The number of unbranched alkanes of at least 4 members (excludes halogenated alkanes) is 2. The minimum atomic E-state index is 0.0994. The zero-order chi connectivity index (χ0) is 18.4. The molecule has 0 bridgehead atoms. The first kappa shape index (κ1) is 18.7. The maximum absolute atomic E-state index is 12.6. The third-order valence-corrected chi connectivity index (χ3v) is 5.69.